The number of para-hydroxylation sites is 2. The van der Waals surface area contributed by atoms with Gasteiger partial charge in [-0.2, -0.15) is 8.78 Å². The van der Waals surface area contributed by atoms with Crippen molar-refractivity contribution in [2.45, 2.75) is 26.2 Å². The van der Waals surface area contributed by atoms with Gasteiger partial charge in [0.05, 0.1) is 5.69 Å². The van der Waals surface area contributed by atoms with Crippen molar-refractivity contribution in [1.82, 2.24) is 0 Å². The number of hydrogen-bond donors (Lipinski definition) is 1. The van der Waals surface area contributed by atoms with Gasteiger partial charge < -0.3 is 19.5 Å². The third kappa shape index (κ3) is 3.72. The Kier molecular flexibility index (Phi) is 4.30. The molecule has 0 radical (unpaired) electrons. The number of halogens is 2. The van der Waals surface area contributed by atoms with Gasteiger partial charge in [0, 0.05) is 20.0 Å². The van der Waals surface area contributed by atoms with Gasteiger partial charge in [0.15, 0.2) is 5.57 Å². The zero-order valence-electron chi connectivity index (χ0n) is 11.8. The standard InChI is InChI=1S/C14H13F2NO5/c1-14(2)21-11(18)8(12(19)22-14)7-17-9-5-3-4-6-10(9)20-13(15)16/h3-7,13,17H,1-2H3. The molecule has 1 N–H and O–H groups in total. The summed E-state index contributed by atoms with van der Waals surface area (Å²) in [7, 11) is 0. The first-order valence-electron chi connectivity index (χ1n) is 6.26. The highest BCUT2D eigenvalue weighted by Gasteiger charge is 2.38. The molecule has 0 unspecified atom stereocenters. The summed E-state index contributed by atoms with van der Waals surface area (Å²) in [6.45, 7) is -0.168. The van der Waals surface area contributed by atoms with E-state index in [9.17, 15) is 18.4 Å². The van der Waals surface area contributed by atoms with Gasteiger partial charge in [0.2, 0.25) is 0 Å². The Labute approximate surface area is 124 Å². The number of benzene rings is 1. The molecule has 0 spiro atoms. The van der Waals surface area contributed by atoms with Gasteiger partial charge in [0.25, 0.3) is 5.79 Å². The van der Waals surface area contributed by atoms with Crippen molar-refractivity contribution in [1.29, 1.82) is 0 Å². The topological polar surface area (TPSA) is 73.9 Å². The van der Waals surface area contributed by atoms with E-state index in [1.54, 1.807) is 6.07 Å². The Balaban J connectivity index is 2.18. The van der Waals surface area contributed by atoms with Crippen LogP contribution in [0.3, 0.4) is 0 Å². The van der Waals surface area contributed by atoms with Crippen LogP contribution in [0.15, 0.2) is 36.0 Å². The lowest BCUT2D eigenvalue weighted by Crippen LogP contribution is -2.42. The molecule has 1 heterocycles. The molecule has 1 aromatic carbocycles. The third-order valence-corrected chi connectivity index (χ3v) is 2.59. The molecule has 0 atom stereocenters. The van der Waals surface area contributed by atoms with Crippen LogP contribution in [0.2, 0.25) is 0 Å². The van der Waals surface area contributed by atoms with Crippen molar-refractivity contribution >= 4 is 17.6 Å². The Hall–Kier alpha value is -2.64. The second-order valence-electron chi connectivity index (χ2n) is 4.76. The molecule has 1 aromatic rings. The van der Waals surface area contributed by atoms with E-state index in [4.69, 9.17) is 9.47 Å². The molecule has 1 saturated heterocycles. The van der Waals surface area contributed by atoms with Crippen LogP contribution in [0.4, 0.5) is 14.5 Å². The summed E-state index contributed by atoms with van der Waals surface area (Å²) in [5.41, 5.74) is -0.230. The van der Waals surface area contributed by atoms with Crippen molar-refractivity contribution in [3.05, 3.63) is 36.0 Å². The molecule has 0 aliphatic carbocycles. The first-order chi connectivity index (χ1) is 10.3. The van der Waals surface area contributed by atoms with Gasteiger partial charge in [0.1, 0.15) is 5.75 Å². The number of ether oxygens (including phenoxy) is 3. The first kappa shape index (κ1) is 15.7. The molecular weight excluding hydrogens is 300 g/mol. The number of cyclic esters (lactones) is 2. The SMILES string of the molecule is CC1(C)OC(=O)C(=CNc2ccccc2OC(F)F)C(=O)O1. The van der Waals surface area contributed by atoms with Crippen LogP contribution in [0.5, 0.6) is 5.75 Å². The Morgan fingerprint density at radius 2 is 1.77 bits per heavy atom. The minimum absolute atomic E-state index is 0.132. The van der Waals surface area contributed by atoms with E-state index < -0.39 is 24.3 Å². The minimum Gasteiger partial charge on any atom is -0.433 e. The summed E-state index contributed by atoms with van der Waals surface area (Å²) in [5, 5.41) is 2.55. The van der Waals surface area contributed by atoms with Crippen LogP contribution < -0.4 is 10.1 Å². The maximum Gasteiger partial charge on any atom is 0.387 e. The van der Waals surface area contributed by atoms with E-state index in [0.29, 0.717) is 0 Å². The van der Waals surface area contributed by atoms with Gasteiger partial charge in [-0.25, -0.2) is 9.59 Å². The Morgan fingerprint density at radius 1 is 1.18 bits per heavy atom. The normalized spacial score (nSPS) is 16.9. The predicted octanol–water partition coefficient (Wildman–Crippen LogP) is 2.42. The molecule has 8 heteroatoms. The summed E-state index contributed by atoms with van der Waals surface area (Å²) < 4.78 is 38.7. The number of esters is 2. The fraction of sp³-hybridized carbons (Fsp3) is 0.286. The summed E-state index contributed by atoms with van der Waals surface area (Å²) in [4.78, 5) is 23.4. The number of hydrogen-bond acceptors (Lipinski definition) is 6. The third-order valence-electron chi connectivity index (χ3n) is 2.59. The highest BCUT2D eigenvalue weighted by atomic mass is 19.3. The smallest absolute Gasteiger partial charge is 0.387 e. The molecular formula is C14H13F2NO5. The molecule has 118 valence electrons. The molecule has 1 aliphatic rings. The van der Waals surface area contributed by atoms with Crippen LogP contribution in [0.1, 0.15) is 13.8 Å². The molecule has 0 bridgehead atoms. The highest BCUT2D eigenvalue weighted by molar-refractivity contribution is 6.15. The fourth-order valence-electron chi connectivity index (χ4n) is 1.71. The van der Waals surface area contributed by atoms with E-state index in [-0.39, 0.29) is 17.0 Å². The lowest BCUT2D eigenvalue weighted by atomic mass is 10.2. The van der Waals surface area contributed by atoms with Crippen molar-refractivity contribution in [3.8, 4) is 5.75 Å². The summed E-state index contributed by atoms with van der Waals surface area (Å²) in [6, 6.07) is 5.83. The number of alkyl halides is 2. The lowest BCUT2D eigenvalue weighted by molar-refractivity contribution is -0.222. The van der Waals surface area contributed by atoms with Crippen LogP contribution in [0.25, 0.3) is 0 Å². The Bertz CT molecular complexity index is 605. The molecule has 1 fully saturated rings. The zero-order chi connectivity index (χ0) is 16.3. The minimum atomic E-state index is -3.00. The maximum absolute atomic E-state index is 12.3. The monoisotopic (exact) mass is 313 g/mol. The fourth-order valence-corrected chi connectivity index (χ4v) is 1.71. The summed E-state index contributed by atoms with van der Waals surface area (Å²) in [5.74, 6) is -3.23. The molecule has 0 saturated carbocycles. The van der Waals surface area contributed by atoms with Crippen molar-refractivity contribution in [3.63, 3.8) is 0 Å². The summed E-state index contributed by atoms with van der Waals surface area (Å²) >= 11 is 0. The molecule has 22 heavy (non-hydrogen) atoms. The van der Waals surface area contributed by atoms with E-state index in [2.05, 4.69) is 10.1 Å². The molecule has 0 amide bonds. The highest BCUT2D eigenvalue weighted by Crippen LogP contribution is 2.27. The molecule has 6 nitrogen and oxygen atoms in total. The quantitative estimate of drug-likeness (QED) is 0.523. The van der Waals surface area contributed by atoms with Crippen LogP contribution in [-0.2, 0) is 19.1 Å². The maximum atomic E-state index is 12.3. The average Bonchev–Trinajstić information content (AvgIpc) is 2.37. The molecule has 2 rings (SSSR count). The van der Waals surface area contributed by atoms with E-state index in [1.165, 1.54) is 32.0 Å². The van der Waals surface area contributed by atoms with Crippen molar-refractivity contribution in [2.24, 2.45) is 0 Å². The van der Waals surface area contributed by atoms with Gasteiger partial charge in [-0.15, -0.1) is 0 Å². The summed E-state index contributed by atoms with van der Waals surface area (Å²) in [6.07, 6.45) is 1.02. The number of rotatable bonds is 4. The van der Waals surface area contributed by atoms with Crippen molar-refractivity contribution in [2.75, 3.05) is 5.32 Å². The van der Waals surface area contributed by atoms with E-state index in [1.807, 2.05) is 0 Å². The largest absolute Gasteiger partial charge is 0.433 e. The second kappa shape index (κ2) is 6.00. The van der Waals surface area contributed by atoms with E-state index >= 15 is 0 Å². The number of carbonyl (C=O) groups is 2. The number of anilines is 1. The van der Waals surface area contributed by atoms with E-state index in [0.717, 1.165) is 6.20 Å². The van der Waals surface area contributed by atoms with Gasteiger partial charge in [-0.3, -0.25) is 0 Å². The first-order valence-corrected chi connectivity index (χ1v) is 6.26. The van der Waals surface area contributed by atoms with Gasteiger partial charge in [-0.05, 0) is 12.1 Å². The van der Waals surface area contributed by atoms with Gasteiger partial charge in [-0.1, -0.05) is 12.1 Å². The van der Waals surface area contributed by atoms with Crippen molar-refractivity contribution < 1.29 is 32.6 Å². The van der Waals surface area contributed by atoms with Crippen LogP contribution in [-0.4, -0.2) is 24.3 Å². The average molecular weight is 313 g/mol. The lowest BCUT2D eigenvalue weighted by Gasteiger charge is -2.29. The molecule has 1 aliphatic heterocycles. The number of nitrogens with one attached hydrogen (secondary N) is 1. The zero-order valence-corrected chi connectivity index (χ0v) is 11.8. The Morgan fingerprint density at radius 3 is 2.36 bits per heavy atom. The predicted molar refractivity (Wildman–Crippen MR) is 71.0 cm³/mol. The van der Waals surface area contributed by atoms with Gasteiger partial charge >= 0.3 is 18.6 Å². The second-order valence-corrected chi connectivity index (χ2v) is 4.76. The molecule has 0 aromatic heterocycles. The van der Waals surface area contributed by atoms with Crippen LogP contribution in [0, 0.1) is 0 Å². The van der Waals surface area contributed by atoms with Crippen LogP contribution >= 0.6 is 0 Å². The number of carbonyl (C=O) groups excluding carboxylic acids is 2.